The van der Waals surface area contributed by atoms with Gasteiger partial charge in [-0.1, -0.05) is 11.8 Å². The molecule has 3 heteroatoms. The Morgan fingerprint density at radius 1 is 1.50 bits per heavy atom. The van der Waals surface area contributed by atoms with Gasteiger partial charge >= 0.3 is 0 Å². The van der Waals surface area contributed by atoms with Gasteiger partial charge in [0, 0.05) is 11.9 Å². The summed E-state index contributed by atoms with van der Waals surface area (Å²) >= 11 is 1.77. The number of halogens is 1. The van der Waals surface area contributed by atoms with Crippen LogP contribution in [0.3, 0.4) is 0 Å². The van der Waals surface area contributed by atoms with Crippen LogP contribution in [0.1, 0.15) is 6.92 Å². The van der Waals surface area contributed by atoms with Gasteiger partial charge in [0.05, 0.1) is 11.1 Å². The van der Waals surface area contributed by atoms with Gasteiger partial charge in [0.2, 0.25) is 0 Å². The van der Waals surface area contributed by atoms with Crippen LogP contribution < -0.4 is 4.90 Å². The molecule has 0 aliphatic carbocycles. The van der Waals surface area contributed by atoms with Crippen molar-refractivity contribution in [3.05, 3.63) is 24.0 Å². The number of thioether (sulfide) groups is 1. The highest BCUT2D eigenvalue weighted by Gasteiger charge is 2.23. The van der Waals surface area contributed by atoms with E-state index in [2.05, 4.69) is 11.8 Å². The van der Waals surface area contributed by atoms with E-state index in [0.717, 1.165) is 5.69 Å². The van der Waals surface area contributed by atoms with Gasteiger partial charge in [-0.05, 0) is 25.1 Å². The molecule has 64 valence electrons. The van der Waals surface area contributed by atoms with E-state index in [9.17, 15) is 4.39 Å². The molecule has 0 radical (unpaired) electrons. The molecule has 0 bridgehead atoms. The van der Waals surface area contributed by atoms with Crippen molar-refractivity contribution in [3.8, 4) is 0 Å². The lowest BCUT2D eigenvalue weighted by molar-refractivity contribution is 0.626. The highest BCUT2D eigenvalue weighted by Crippen LogP contribution is 2.42. The van der Waals surface area contributed by atoms with E-state index in [-0.39, 0.29) is 5.82 Å². The normalized spacial score (nSPS) is 21.2. The zero-order valence-corrected chi connectivity index (χ0v) is 7.86. The Balaban J connectivity index is 2.48. The van der Waals surface area contributed by atoms with E-state index in [4.69, 9.17) is 0 Å². The summed E-state index contributed by atoms with van der Waals surface area (Å²) in [5.41, 5.74) is 1.01. The van der Waals surface area contributed by atoms with Gasteiger partial charge in [-0.2, -0.15) is 0 Å². The van der Waals surface area contributed by atoms with E-state index in [1.165, 1.54) is 11.0 Å². The Labute approximate surface area is 75.6 Å². The Morgan fingerprint density at radius 2 is 2.25 bits per heavy atom. The van der Waals surface area contributed by atoms with Crippen LogP contribution in [-0.2, 0) is 0 Å². The van der Waals surface area contributed by atoms with Crippen LogP contribution >= 0.6 is 11.8 Å². The Morgan fingerprint density at radius 3 is 3.00 bits per heavy atom. The summed E-state index contributed by atoms with van der Waals surface area (Å²) in [4.78, 5) is 3.26. The molecule has 0 saturated carbocycles. The fourth-order valence-electron chi connectivity index (χ4n) is 1.32. The molecular weight excluding hydrogens is 173 g/mol. The molecule has 1 atom stereocenters. The molecule has 1 aromatic rings. The van der Waals surface area contributed by atoms with Gasteiger partial charge in [0.15, 0.2) is 0 Å². The summed E-state index contributed by atoms with van der Waals surface area (Å²) in [6, 6.07) is 4.94. The monoisotopic (exact) mass is 183 g/mol. The van der Waals surface area contributed by atoms with Crippen LogP contribution in [0.5, 0.6) is 0 Å². The van der Waals surface area contributed by atoms with Gasteiger partial charge in [0.1, 0.15) is 5.82 Å². The number of rotatable bonds is 0. The van der Waals surface area contributed by atoms with E-state index in [1.807, 2.05) is 13.1 Å². The first kappa shape index (κ1) is 7.92. The molecule has 1 aliphatic heterocycles. The topological polar surface area (TPSA) is 3.24 Å². The fraction of sp³-hybridized carbons (Fsp3) is 0.333. The molecule has 0 spiro atoms. The van der Waals surface area contributed by atoms with Gasteiger partial charge < -0.3 is 4.90 Å². The second-order valence-electron chi connectivity index (χ2n) is 2.94. The van der Waals surface area contributed by atoms with Crippen molar-refractivity contribution >= 4 is 17.4 Å². The molecular formula is C9H10FNS. The first-order chi connectivity index (χ1) is 5.68. The lowest BCUT2D eigenvalue weighted by Crippen LogP contribution is -2.20. The number of benzene rings is 1. The molecule has 2 rings (SSSR count). The molecule has 12 heavy (non-hydrogen) atoms. The molecule has 0 saturated heterocycles. The van der Waals surface area contributed by atoms with Crippen LogP contribution in [0.2, 0.25) is 0 Å². The van der Waals surface area contributed by atoms with Crippen LogP contribution in [0.15, 0.2) is 23.1 Å². The number of hydrogen-bond acceptors (Lipinski definition) is 2. The maximum Gasteiger partial charge on any atom is 0.125 e. The molecule has 0 aromatic heterocycles. The molecule has 1 aromatic carbocycles. The third-order valence-electron chi connectivity index (χ3n) is 2.14. The largest absolute Gasteiger partial charge is 0.362 e. The summed E-state index contributed by atoms with van der Waals surface area (Å²) in [7, 11) is 1.99. The number of nitrogens with zero attached hydrogens (tertiary/aromatic N) is 1. The minimum absolute atomic E-state index is 0.157. The van der Waals surface area contributed by atoms with Crippen LogP contribution in [0, 0.1) is 5.82 Å². The SMILES string of the molecule is CC1Sc2ccc(F)cc2N1C. The zero-order chi connectivity index (χ0) is 8.72. The molecule has 1 aliphatic rings. The van der Waals surface area contributed by atoms with Gasteiger partial charge in [-0.3, -0.25) is 0 Å². The first-order valence-electron chi connectivity index (χ1n) is 3.87. The summed E-state index contributed by atoms with van der Waals surface area (Å²) in [5, 5.41) is 0.418. The maximum absolute atomic E-state index is 12.8. The van der Waals surface area contributed by atoms with Crippen LogP contribution in [0.4, 0.5) is 10.1 Å². The second-order valence-corrected chi connectivity index (χ2v) is 4.30. The standard InChI is InChI=1S/C9H10FNS/c1-6-11(2)8-5-7(10)3-4-9(8)12-6/h3-6H,1-2H3. The predicted molar refractivity (Wildman–Crippen MR) is 50.1 cm³/mol. The lowest BCUT2D eigenvalue weighted by atomic mass is 10.3. The Kier molecular flexibility index (Phi) is 1.76. The Bertz CT molecular complexity index is 313. The van der Waals surface area contributed by atoms with Crippen molar-refractivity contribution in [1.82, 2.24) is 0 Å². The molecule has 0 amide bonds. The second kappa shape index (κ2) is 2.66. The number of fused-ring (bicyclic) bond motifs is 1. The number of hydrogen-bond donors (Lipinski definition) is 0. The van der Waals surface area contributed by atoms with Crippen molar-refractivity contribution in [2.75, 3.05) is 11.9 Å². The average Bonchev–Trinajstić information content (AvgIpc) is 2.31. The summed E-state index contributed by atoms with van der Waals surface area (Å²) in [5.74, 6) is -0.157. The van der Waals surface area contributed by atoms with Gasteiger partial charge in [-0.25, -0.2) is 4.39 Å². The van der Waals surface area contributed by atoms with Gasteiger partial charge in [0.25, 0.3) is 0 Å². The third kappa shape index (κ3) is 1.08. The summed E-state index contributed by atoms with van der Waals surface area (Å²) < 4.78 is 12.8. The fourth-order valence-corrected chi connectivity index (χ4v) is 2.43. The smallest absolute Gasteiger partial charge is 0.125 e. The Hall–Kier alpha value is -0.700. The van der Waals surface area contributed by atoms with E-state index in [0.29, 0.717) is 5.37 Å². The van der Waals surface area contributed by atoms with E-state index < -0.39 is 0 Å². The van der Waals surface area contributed by atoms with Crippen molar-refractivity contribution < 1.29 is 4.39 Å². The highest BCUT2D eigenvalue weighted by atomic mass is 32.2. The van der Waals surface area contributed by atoms with E-state index >= 15 is 0 Å². The van der Waals surface area contributed by atoms with Gasteiger partial charge in [-0.15, -0.1) is 0 Å². The minimum atomic E-state index is -0.157. The zero-order valence-electron chi connectivity index (χ0n) is 7.04. The first-order valence-corrected chi connectivity index (χ1v) is 4.75. The molecule has 1 unspecified atom stereocenters. The van der Waals surface area contributed by atoms with E-state index in [1.54, 1.807) is 17.8 Å². The maximum atomic E-state index is 12.8. The van der Waals surface area contributed by atoms with Crippen molar-refractivity contribution in [2.24, 2.45) is 0 Å². The molecule has 0 N–H and O–H groups in total. The quantitative estimate of drug-likeness (QED) is 0.608. The van der Waals surface area contributed by atoms with Crippen molar-refractivity contribution in [2.45, 2.75) is 17.2 Å². The summed E-state index contributed by atoms with van der Waals surface area (Å²) in [6.45, 7) is 2.11. The van der Waals surface area contributed by atoms with Crippen LogP contribution in [-0.4, -0.2) is 12.4 Å². The summed E-state index contributed by atoms with van der Waals surface area (Å²) in [6.07, 6.45) is 0. The molecule has 0 fully saturated rings. The predicted octanol–water partition coefficient (Wildman–Crippen LogP) is 2.71. The van der Waals surface area contributed by atoms with Crippen molar-refractivity contribution in [1.29, 1.82) is 0 Å². The highest BCUT2D eigenvalue weighted by molar-refractivity contribution is 8.00. The molecule has 1 nitrogen and oxygen atoms in total. The van der Waals surface area contributed by atoms with Crippen LogP contribution in [0.25, 0.3) is 0 Å². The average molecular weight is 183 g/mol. The number of anilines is 1. The third-order valence-corrected chi connectivity index (χ3v) is 3.40. The minimum Gasteiger partial charge on any atom is -0.362 e. The lowest BCUT2D eigenvalue weighted by Gasteiger charge is -2.16. The van der Waals surface area contributed by atoms with Crippen molar-refractivity contribution in [3.63, 3.8) is 0 Å². The molecule has 1 heterocycles.